The zero-order chi connectivity index (χ0) is 14.0. The maximum Gasteiger partial charge on any atom is 0.331 e. The standard InChI is InChI=1S/C12H17N5O2/c1-3-4-16-8-10(13)11(18)17(12(16)19)7-9-5-14-15(2)6-9/h5-6,8H,3-4,7,13H2,1-2H3. The summed E-state index contributed by atoms with van der Waals surface area (Å²) in [6.45, 7) is 2.68. The van der Waals surface area contributed by atoms with Gasteiger partial charge in [-0.15, -0.1) is 0 Å². The minimum absolute atomic E-state index is 0.0805. The Hall–Kier alpha value is -2.31. The van der Waals surface area contributed by atoms with Crippen molar-refractivity contribution in [2.75, 3.05) is 5.73 Å². The molecule has 0 aliphatic rings. The van der Waals surface area contributed by atoms with Crippen molar-refractivity contribution in [3.63, 3.8) is 0 Å². The van der Waals surface area contributed by atoms with E-state index in [-0.39, 0.29) is 17.9 Å². The van der Waals surface area contributed by atoms with Gasteiger partial charge >= 0.3 is 5.69 Å². The second kappa shape index (κ2) is 5.13. The molecule has 7 nitrogen and oxygen atoms in total. The smallest absolute Gasteiger partial charge is 0.331 e. The lowest BCUT2D eigenvalue weighted by Crippen LogP contribution is -2.40. The number of aromatic nitrogens is 4. The van der Waals surface area contributed by atoms with Gasteiger partial charge in [0, 0.05) is 31.5 Å². The molecule has 7 heteroatoms. The Bertz CT molecular complexity index is 695. The molecule has 2 rings (SSSR count). The molecule has 0 atom stereocenters. The highest BCUT2D eigenvalue weighted by atomic mass is 16.2. The molecule has 2 aromatic heterocycles. The van der Waals surface area contributed by atoms with Gasteiger partial charge in [-0.25, -0.2) is 4.79 Å². The van der Waals surface area contributed by atoms with Crippen LogP contribution in [0.2, 0.25) is 0 Å². The average molecular weight is 263 g/mol. The molecule has 0 spiro atoms. The lowest BCUT2D eigenvalue weighted by Gasteiger charge is -2.09. The van der Waals surface area contributed by atoms with Crippen LogP contribution in [0.1, 0.15) is 18.9 Å². The molecule has 0 saturated heterocycles. The SMILES string of the molecule is CCCn1cc(N)c(=O)n(Cc2cnn(C)c2)c1=O. The third kappa shape index (κ3) is 2.59. The van der Waals surface area contributed by atoms with Gasteiger partial charge < -0.3 is 5.73 Å². The first kappa shape index (κ1) is 13.1. The van der Waals surface area contributed by atoms with Gasteiger partial charge in [-0.1, -0.05) is 6.92 Å². The molecule has 2 aromatic rings. The summed E-state index contributed by atoms with van der Waals surface area (Å²) in [5.41, 5.74) is 5.73. The summed E-state index contributed by atoms with van der Waals surface area (Å²) < 4.78 is 4.23. The van der Waals surface area contributed by atoms with Crippen molar-refractivity contribution in [1.29, 1.82) is 0 Å². The van der Waals surface area contributed by atoms with Crippen LogP contribution in [0.3, 0.4) is 0 Å². The van der Waals surface area contributed by atoms with Gasteiger partial charge in [-0.05, 0) is 6.42 Å². The Balaban J connectivity index is 2.49. The van der Waals surface area contributed by atoms with E-state index in [1.54, 1.807) is 24.1 Å². The highest BCUT2D eigenvalue weighted by Gasteiger charge is 2.10. The maximum absolute atomic E-state index is 12.2. The summed E-state index contributed by atoms with van der Waals surface area (Å²) in [5, 5.41) is 4.01. The first-order valence-electron chi connectivity index (χ1n) is 6.10. The normalized spacial score (nSPS) is 10.8. The second-order valence-electron chi connectivity index (χ2n) is 4.47. The van der Waals surface area contributed by atoms with Crippen molar-refractivity contribution >= 4 is 5.69 Å². The third-order valence-corrected chi connectivity index (χ3v) is 2.83. The molecular weight excluding hydrogens is 246 g/mol. The van der Waals surface area contributed by atoms with Gasteiger partial charge in [0.1, 0.15) is 5.69 Å². The van der Waals surface area contributed by atoms with Crippen molar-refractivity contribution in [1.82, 2.24) is 18.9 Å². The van der Waals surface area contributed by atoms with Crippen LogP contribution in [0.4, 0.5) is 5.69 Å². The molecule has 0 saturated carbocycles. The zero-order valence-corrected chi connectivity index (χ0v) is 11.0. The van der Waals surface area contributed by atoms with Crippen LogP contribution in [-0.4, -0.2) is 18.9 Å². The van der Waals surface area contributed by atoms with Crippen molar-refractivity contribution in [3.05, 3.63) is 45.0 Å². The molecule has 0 aliphatic carbocycles. The van der Waals surface area contributed by atoms with E-state index < -0.39 is 5.56 Å². The number of hydrogen-bond donors (Lipinski definition) is 1. The van der Waals surface area contributed by atoms with E-state index in [1.807, 2.05) is 6.92 Å². The zero-order valence-electron chi connectivity index (χ0n) is 11.0. The first-order chi connectivity index (χ1) is 9.02. The van der Waals surface area contributed by atoms with Gasteiger partial charge in [0.2, 0.25) is 0 Å². The Kier molecular flexibility index (Phi) is 3.55. The highest BCUT2D eigenvalue weighted by Crippen LogP contribution is 1.99. The molecule has 19 heavy (non-hydrogen) atoms. The average Bonchev–Trinajstić information content (AvgIpc) is 2.77. The van der Waals surface area contributed by atoms with Crippen molar-refractivity contribution in [3.8, 4) is 0 Å². The molecular formula is C12H17N5O2. The van der Waals surface area contributed by atoms with Crippen molar-refractivity contribution in [2.24, 2.45) is 7.05 Å². The number of anilines is 1. The Morgan fingerprint density at radius 2 is 2.05 bits per heavy atom. The largest absolute Gasteiger partial charge is 0.393 e. The van der Waals surface area contributed by atoms with Gasteiger partial charge in [0.15, 0.2) is 0 Å². The number of nitrogen functional groups attached to an aromatic ring is 1. The van der Waals surface area contributed by atoms with E-state index in [0.717, 1.165) is 16.6 Å². The van der Waals surface area contributed by atoms with Crippen LogP contribution in [0, 0.1) is 0 Å². The summed E-state index contributed by atoms with van der Waals surface area (Å²) in [4.78, 5) is 24.1. The van der Waals surface area contributed by atoms with E-state index in [0.29, 0.717) is 6.54 Å². The lowest BCUT2D eigenvalue weighted by molar-refractivity contribution is 0.573. The summed E-state index contributed by atoms with van der Waals surface area (Å²) >= 11 is 0. The lowest BCUT2D eigenvalue weighted by atomic mass is 10.3. The van der Waals surface area contributed by atoms with E-state index in [9.17, 15) is 9.59 Å². The maximum atomic E-state index is 12.2. The summed E-state index contributed by atoms with van der Waals surface area (Å²) in [6, 6.07) is 0. The van der Waals surface area contributed by atoms with Crippen LogP contribution < -0.4 is 17.0 Å². The summed E-state index contributed by atoms with van der Waals surface area (Å²) in [7, 11) is 1.78. The van der Waals surface area contributed by atoms with Crippen LogP contribution in [-0.2, 0) is 20.1 Å². The molecule has 0 amide bonds. The Morgan fingerprint density at radius 1 is 1.32 bits per heavy atom. The van der Waals surface area contributed by atoms with Crippen LogP contribution in [0.5, 0.6) is 0 Å². The second-order valence-corrected chi connectivity index (χ2v) is 4.47. The molecule has 2 N–H and O–H groups in total. The molecule has 0 aromatic carbocycles. The topological polar surface area (TPSA) is 87.8 Å². The van der Waals surface area contributed by atoms with Gasteiger partial charge in [-0.2, -0.15) is 5.10 Å². The predicted molar refractivity (Wildman–Crippen MR) is 72.0 cm³/mol. The fourth-order valence-corrected chi connectivity index (χ4v) is 1.95. The summed E-state index contributed by atoms with van der Waals surface area (Å²) in [5.74, 6) is 0. The molecule has 0 aliphatic heterocycles. The number of hydrogen-bond acceptors (Lipinski definition) is 4. The monoisotopic (exact) mass is 263 g/mol. The highest BCUT2D eigenvalue weighted by molar-refractivity contribution is 5.31. The first-order valence-corrected chi connectivity index (χ1v) is 6.10. The van der Waals surface area contributed by atoms with Gasteiger partial charge in [-0.3, -0.25) is 18.6 Å². The van der Waals surface area contributed by atoms with Gasteiger partial charge in [0.25, 0.3) is 5.56 Å². The fraction of sp³-hybridized carbons (Fsp3) is 0.417. The van der Waals surface area contributed by atoms with Crippen LogP contribution >= 0.6 is 0 Å². The molecule has 102 valence electrons. The fourth-order valence-electron chi connectivity index (χ4n) is 1.95. The Labute approximate surface area is 109 Å². The van der Waals surface area contributed by atoms with Crippen LogP contribution in [0.25, 0.3) is 0 Å². The van der Waals surface area contributed by atoms with E-state index in [4.69, 9.17) is 5.73 Å². The van der Waals surface area contributed by atoms with Crippen molar-refractivity contribution < 1.29 is 0 Å². The number of rotatable bonds is 4. The number of nitrogens with zero attached hydrogens (tertiary/aromatic N) is 4. The van der Waals surface area contributed by atoms with Crippen molar-refractivity contribution in [2.45, 2.75) is 26.4 Å². The Morgan fingerprint density at radius 3 is 2.63 bits per heavy atom. The molecule has 2 heterocycles. The predicted octanol–water partition coefficient (Wildman–Crippen LogP) is -0.216. The summed E-state index contributed by atoms with van der Waals surface area (Å²) in [6.07, 6.45) is 5.59. The molecule has 0 unspecified atom stereocenters. The molecule has 0 bridgehead atoms. The third-order valence-electron chi connectivity index (χ3n) is 2.83. The quantitative estimate of drug-likeness (QED) is 0.826. The van der Waals surface area contributed by atoms with E-state index in [2.05, 4.69) is 5.10 Å². The van der Waals surface area contributed by atoms with Crippen LogP contribution in [0.15, 0.2) is 28.2 Å². The minimum Gasteiger partial charge on any atom is -0.393 e. The number of nitrogens with two attached hydrogens (primary N) is 1. The molecule has 0 fully saturated rings. The molecule has 0 radical (unpaired) electrons. The van der Waals surface area contributed by atoms with Gasteiger partial charge in [0.05, 0.1) is 12.7 Å². The minimum atomic E-state index is -0.457. The van der Waals surface area contributed by atoms with E-state index in [1.165, 1.54) is 10.8 Å². The van der Waals surface area contributed by atoms with E-state index >= 15 is 0 Å². The number of aryl methyl sites for hydroxylation is 2.